The Labute approximate surface area is 98.6 Å². The van der Waals surface area contributed by atoms with Crippen molar-refractivity contribution < 1.29 is 14.6 Å². The van der Waals surface area contributed by atoms with Crippen molar-refractivity contribution in [3.8, 4) is 0 Å². The summed E-state index contributed by atoms with van der Waals surface area (Å²) in [6.45, 7) is 11.7. The van der Waals surface area contributed by atoms with Crippen LogP contribution in [0.4, 0.5) is 4.79 Å². The highest BCUT2D eigenvalue weighted by molar-refractivity contribution is 5.68. The standard InChI is InChI=1S/C12H25NO3/c1-7-8-13(9-12(5,6)15)10(14)16-11(2,3)4/h15H,7-9H2,1-6H3. The Morgan fingerprint density at radius 1 is 1.25 bits per heavy atom. The van der Waals surface area contributed by atoms with Gasteiger partial charge in [0, 0.05) is 6.54 Å². The molecule has 0 aliphatic heterocycles. The summed E-state index contributed by atoms with van der Waals surface area (Å²) in [5.41, 5.74) is -1.39. The molecule has 0 spiro atoms. The molecule has 16 heavy (non-hydrogen) atoms. The lowest BCUT2D eigenvalue weighted by Gasteiger charge is -2.31. The molecule has 1 amide bonds. The zero-order chi connectivity index (χ0) is 13.0. The summed E-state index contributed by atoms with van der Waals surface area (Å²) >= 11 is 0. The summed E-state index contributed by atoms with van der Waals surface area (Å²) in [7, 11) is 0. The van der Waals surface area contributed by atoms with Gasteiger partial charge in [0.15, 0.2) is 0 Å². The first-order valence-electron chi connectivity index (χ1n) is 5.75. The predicted molar refractivity (Wildman–Crippen MR) is 64.4 cm³/mol. The molecule has 4 heteroatoms. The molecule has 0 heterocycles. The van der Waals surface area contributed by atoms with Gasteiger partial charge < -0.3 is 14.7 Å². The topological polar surface area (TPSA) is 49.8 Å². The number of amides is 1. The Morgan fingerprint density at radius 2 is 1.75 bits per heavy atom. The lowest BCUT2D eigenvalue weighted by molar-refractivity contribution is -0.00319. The average molecular weight is 231 g/mol. The third-order valence-electron chi connectivity index (χ3n) is 1.72. The Hall–Kier alpha value is -0.770. The maximum atomic E-state index is 11.8. The molecule has 0 radical (unpaired) electrons. The van der Waals surface area contributed by atoms with Gasteiger partial charge in [-0.1, -0.05) is 6.92 Å². The second-order valence-corrected chi connectivity index (χ2v) is 5.71. The van der Waals surface area contributed by atoms with Gasteiger partial charge in [-0.05, 0) is 41.0 Å². The molecular weight excluding hydrogens is 206 g/mol. The van der Waals surface area contributed by atoms with Crippen LogP contribution in [0.15, 0.2) is 0 Å². The molecule has 4 nitrogen and oxygen atoms in total. The second-order valence-electron chi connectivity index (χ2n) is 5.71. The zero-order valence-electron chi connectivity index (χ0n) is 11.3. The molecule has 0 unspecified atom stereocenters. The van der Waals surface area contributed by atoms with Crippen LogP contribution in [0.2, 0.25) is 0 Å². The normalized spacial score (nSPS) is 12.4. The highest BCUT2D eigenvalue weighted by atomic mass is 16.6. The molecule has 1 N–H and O–H groups in total. The SMILES string of the molecule is CCCN(CC(C)(C)O)C(=O)OC(C)(C)C. The van der Waals surface area contributed by atoms with E-state index in [0.717, 1.165) is 6.42 Å². The average Bonchev–Trinajstić information content (AvgIpc) is 1.97. The van der Waals surface area contributed by atoms with Gasteiger partial charge in [-0.15, -0.1) is 0 Å². The molecule has 0 aromatic heterocycles. The number of carbonyl (C=O) groups is 1. The van der Waals surface area contributed by atoms with E-state index in [9.17, 15) is 9.90 Å². The molecule has 0 saturated carbocycles. The molecule has 96 valence electrons. The predicted octanol–water partition coefficient (Wildman–Crippen LogP) is 2.40. The van der Waals surface area contributed by atoms with Crippen molar-refractivity contribution in [1.29, 1.82) is 0 Å². The van der Waals surface area contributed by atoms with E-state index in [0.29, 0.717) is 6.54 Å². The van der Waals surface area contributed by atoms with E-state index in [1.165, 1.54) is 0 Å². The molecular formula is C12H25NO3. The quantitative estimate of drug-likeness (QED) is 0.808. The summed E-state index contributed by atoms with van der Waals surface area (Å²) in [5.74, 6) is 0. The number of nitrogens with zero attached hydrogens (tertiary/aromatic N) is 1. The van der Waals surface area contributed by atoms with Crippen molar-refractivity contribution in [3.63, 3.8) is 0 Å². The number of aliphatic hydroxyl groups is 1. The Kier molecular flexibility index (Phi) is 5.26. The number of rotatable bonds is 4. The first-order valence-corrected chi connectivity index (χ1v) is 5.75. The lowest BCUT2D eigenvalue weighted by Crippen LogP contribution is -2.44. The van der Waals surface area contributed by atoms with Crippen LogP contribution in [-0.4, -0.2) is 40.4 Å². The van der Waals surface area contributed by atoms with Crippen LogP contribution in [0.3, 0.4) is 0 Å². The molecule has 0 bridgehead atoms. The van der Waals surface area contributed by atoms with Gasteiger partial charge in [0.05, 0.1) is 12.1 Å². The van der Waals surface area contributed by atoms with Crippen molar-refractivity contribution in [2.24, 2.45) is 0 Å². The first-order chi connectivity index (χ1) is 7.05. The summed E-state index contributed by atoms with van der Waals surface area (Å²) in [5, 5.41) is 9.71. The van der Waals surface area contributed by atoms with Crippen LogP contribution in [0.1, 0.15) is 48.0 Å². The fourth-order valence-electron chi connectivity index (χ4n) is 1.30. The molecule has 0 rings (SSSR count). The minimum Gasteiger partial charge on any atom is -0.444 e. The molecule has 0 aliphatic carbocycles. The fourth-order valence-corrected chi connectivity index (χ4v) is 1.30. The monoisotopic (exact) mass is 231 g/mol. The van der Waals surface area contributed by atoms with Crippen molar-refractivity contribution in [1.82, 2.24) is 4.90 Å². The third kappa shape index (κ3) is 7.51. The van der Waals surface area contributed by atoms with Crippen LogP contribution in [0, 0.1) is 0 Å². The summed E-state index contributed by atoms with van der Waals surface area (Å²) < 4.78 is 5.27. The van der Waals surface area contributed by atoms with E-state index in [-0.39, 0.29) is 12.6 Å². The summed E-state index contributed by atoms with van der Waals surface area (Å²) in [4.78, 5) is 13.4. The van der Waals surface area contributed by atoms with E-state index in [1.54, 1.807) is 18.7 Å². The van der Waals surface area contributed by atoms with Crippen LogP contribution in [-0.2, 0) is 4.74 Å². The van der Waals surface area contributed by atoms with Gasteiger partial charge in [0.25, 0.3) is 0 Å². The van der Waals surface area contributed by atoms with Crippen LogP contribution < -0.4 is 0 Å². The van der Waals surface area contributed by atoms with Gasteiger partial charge in [0.1, 0.15) is 5.60 Å². The molecule has 0 aliphatic rings. The minimum absolute atomic E-state index is 0.287. The number of hydrogen-bond acceptors (Lipinski definition) is 3. The van der Waals surface area contributed by atoms with Crippen molar-refractivity contribution in [3.05, 3.63) is 0 Å². The van der Waals surface area contributed by atoms with Gasteiger partial charge in [0.2, 0.25) is 0 Å². The number of carbonyl (C=O) groups excluding carboxylic acids is 1. The van der Waals surface area contributed by atoms with Crippen LogP contribution in [0.5, 0.6) is 0 Å². The largest absolute Gasteiger partial charge is 0.444 e. The van der Waals surface area contributed by atoms with E-state index < -0.39 is 11.2 Å². The Bertz CT molecular complexity index is 225. The number of ether oxygens (including phenoxy) is 1. The van der Waals surface area contributed by atoms with E-state index in [4.69, 9.17) is 4.74 Å². The van der Waals surface area contributed by atoms with Gasteiger partial charge in [-0.25, -0.2) is 4.79 Å². The summed E-state index contributed by atoms with van der Waals surface area (Å²) in [6.07, 6.45) is 0.478. The second kappa shape index (κ2) is 5.53. The molecule has 0 aromatic rings. The van der Waals surface area contributed by atoms with Crippen molar-refractivity contribution >= 4 is 6.09 Å². The summed E-state index contributed by atoms with van der Waals surface area (Å²) in [6, 6.07) is 0. The smallest absolute Gasteiger partial charge is 0.410 e. The van der Waals surface area contributed by atoms with E-state index >= 15 is 0 Å². The van der Waals surface area contributed by atoms with Crippen LogP contribution in [0.25, 0.3) is 0 Å². The van der Waals surface area contributed by atoms with Crippen molar-refractivity contribution in [2.75, 3.05) is 13.1 Å². The highest BCUT2D eigenvalue weighted by Gasteiger charge is 2.26. The third-order valence-corrected chi connectivity index (χ3v) is 1.72. The molecule has 0 fully saturated rings. The lowest BCUT2D eigenvalue weighted by atomic mass is 10.1. The fraction of sp³-hybridized carbons (Fsp3) is 0.917. The van der Waals surface area contributed by atoms with Gasteiger partial charge >= 0.3 is 6.09 Å². The number of hydrogen-bond donors (Lipinski definition) is 1. The molecule has 0 saturated heterocycles. The minimum atomic E-state index is -0.897. The Balaban J connectivity index is 4.47. The maximum absolute atomic E-state index is 11.8. The van der Waals surface area contributed by atoms with E-state index in [2.05, 4.69) is 0 Å². The van der Waals surface area contributed by atoms with Gasteiger partial charge in [-0.3, -0.25) is 0 Å². The first kappa shape index (κ1) is 15.2. The maximum Gasteiger partial charge on any atom is 0.410 e. The van der Waals surface area contributed by atoms with Gasteiger partial charge in [-0.2, -0.15) is 0 Å². The van der Waals surface area contributed by atoms with Crippen LogP contribution >= 0.6 is 0 Å². The van der Waals surface area contributed by atoms with Crippen molar-refractivity contribution in [2.45, 2.75) is 59.2 Å². The van der Waals surface area contributed by atoms with E-state index in [1.807, 2.05) is 27.7 Å². The zero-order valence-corrected chi connectivity index (χ0v) is 11.3. The molecule has 0 atom stereocenters. The highest BCUT2D eigenvalue weighted by Crippen LogP contribution is 2.13. The molecule has 0 aromatic carbocycles. The Morgan fingerprint density at radius 3 is 2.06 bits per heavy atom.